The Morgan fingerprint density at radius 3 is 1.23 bits per heavy atom. The van der Waals surface area contributed by atoms with Gasteiger partial charge in [-0.25, -0.2) is 0 Å². The van der Waals surface area contributed by atoms with Crippen LogP contribution < -0.4 is 35.4 Å². The van der Waals surface area contributed by atoms with Crippen molar-refractivity contribution < 1.29 is 51.0 Å². The minimum atomic E-state index is 0. The van der Waals surface area contributed by atoms with Gasteiger partial charge in [0, 0.05) is 20.9 Å². The van der Waals surface area contributed by atoms with Crippen LogP contribution in [0.15, 0.2) is 121 Å². The molecule has 0 unspecified atom stereocenters. The van der Waals surface area contributed by atoms with E-state index < -0.39 is 0 Å². The van der Waals surface area contributed by atoms with Crippen molar-refractivity contribution in [1.29, 1.82) is 0 Å². The van der Waals surface area contributed by atoms with Crippen molar-refractivity contribution >= 4 is 53.8 Å². The van der Waals surface area contributed by atoms with Gasteiger partial charge in [0.1, 0.15) is 0 Å². The summed E-state index contributed by atoms with van der Waals surface area (Å²) in [7, 11) is 1.08. The molecule has 202 valence electrons. The summed E-state index contributed by atoms with van der Waals surface area (Å²) in [6.45, 7) is 8.57. The van der Waals surface area contributed by atoms with Crippen LogP contribution in [0.4, 0.5) is 22.7 Å². The summed E-state index contributed by atoms with van der Waals surface area (Å²) in [5.41, 5.74) is 7.20. The van der Waals surface area contributed by atoms with E-state index in [1.165, 1.54) is 44.0 Å². The van der Waals surface area contributed by atoms with E-state index in [0.717, 1.165) is 20.9 Å². The van der Waals surface area contributed by atoms with Crippen molar-refractivity contribution in [2.75, 3.05) is 10.6 Å². The van der Waals surface area contributed by atoms with Gasteiger partial charge in [-0.2, -0.15) is 12.1 Å². The van der Waals surface area contributed by atoms with Crippen molar-refractivity contribution in [1.82, 2.24) is 0 Å². The van der Waals surface area contributed by atoms with Crippen LogP contribution in [0.5, 0.6) is 0 Å². The first-order chi connectivity index (χ1) is 18.1. The van der Waals surface area contributed by atoms with Gasteiger partial charge in [0.15, 0.2) is 0 Å². The summed E-state index contributed by atoms with van der Waals surface area (Å²) in [6.07, 6.45) is 0. The molecule has 0 aliphatic rings. The van der Waals surface area contributed by atoms with E-state index in [9.17, 15) is 0 Å². The number of fused-ring (bicyclic) bond motifs is 2. The van der Waals surface area contributed by atoms with Crippen LogP contribution in [0.25, 0.3) is 21.5 Å². The summed E-state index contributed by atoms with van der Waals surface area (Å²) >= 11 is 0. The van der Waals surface area contributed by atoms with Crippen molar-refractivity contribution in [2.45, 2.75) is 26.9 Å². The van der Waals surface area contributed by atoms with E-state index in [1.807, 2.05) is 36.4 Å². The minimum absolute atomic E-state index is 0. The summed E-state index contributed by atoms with van der Waals surface area (Å²) < 4.78 is 0. The molecule has 2 nitrogen and oxygen atoms in total. The number of anilines is 4. The van der Waals surface area contributed by atoms with Crippen LogP contribution in [0.3, 0.4) is 0 Å². The molecule has 0 saturated carbocycles. The molecule has 0 aliphatic heterocycles. The molecule has 0 bridgehead atoms. The maximum absolute atomic E-state index is 3.46. The van der Waals surface area contributed by atoms with E-state index in [1.54, 1.807) is 0 Å². The van der Waals surface area contributed by atoms with Gasteiger partial charge >= 0.3 is 26.2 Å². The van der Waals surface area contributed by atoms with Crippen molar-refractivity contribution in [2.24, 2.45) is 0 Å². The second-order valence-corrected chi connectivity index (χ2v) is 10.2. The molecule has 6 heteroatoms. The van der Waals surface area contributed by atoms with Gasteiger partial charge < -0.3 is 35.4 Å². The standard InChI is InChI=1S/2C16H14N.C2H6Si.2ClH.Zr/c2*1-12-10-13-6-5-9-16(15(13)11-12)17-14-7-3-2-4-8-14;1-3-2;;;/h2*2-11,17H,1H3;1-2H3;2*1H;/q2*-1;;;;+4/p-2. The second-order valence-electron chi connectivity index (χ2n) is 9.16. The van der Waals surface area contributed by atoms with Crippen LogP contribution in [0, 0.1) is 13.8 Å². The molecule has 40 heavy (non-hydrogen) atoms. The van der Waals surface area contributed by atoms with Crippen LogP contribution in [0.1, 0.15) is 11.1 Å². The first-order valence-electron chi connectivity index (χ1n) is 12.6. The summed E-state index contributed by atoms with van der Waals surface area (Å²) in [5, 5.41) is 12.1. The molecule has 0 aliphatic carbocycles. The van der Waals surface area contributed by atoms with Crippen LogP contribution in [-0.2, 0) is 26.2 Å². The second kappa shape index (κ2) is 17.9. The van der Waals surface area contributed by atoms with Crippen LogP contribution in [-0.4, -0.2) is 9.52 Å². The van der Waals surface area contributed by atoms with Crippen molar-refractivity contribution in [3.63, 3.8) is 0 Å². The zero-order chi connectivity index (χ0) is 26.0. The zero-order valence-electron chi connectivity index (χ0n) is 23.3. The monoisotopic (exact) mass is 658 g/mol. The average molecular weight is 661 g/mol. The number of benzene rings is 4. The van der Waals surface area contributed by atoms with E-state index in [2.05, 4.69) is 123 Å². The van der Waals surface area contributed by atoms with E-state index in [4.69, 9.17) is 0 Å². The Hall–Kier alpha value is -2.62. The number of hydrogen-bond donors (Lipinski definition) is 2. The number of nitrogens with one attached hydrogen (secondary N) is 2. The van der Waals surface area contributed by atoms with E-state index in [-0.39, 0.29) is 51.0 Å². The van der Waals surface area contributed by atoms with Crippen LogP contribution >= 0.6 is 0 Å². The van der Waals surface area contributed by atoms with Gasteiger partial charge in [-0.3, -0.25) is 0 Å². The normalized spacial score (nSPS) is 9.50. The smallest absolute Gasteiger partial charge is 1.00 e. The predicted octanol–water partition coefficient (Wildman–Crippen LogP) is 4.01. The number of rotatable bonds is 4. The van der Waals surface area contributed by atoms with Gasteiger partial charge in [0.05, 0.1) is 0 Å². The quantitative estimate of drug-likeness (QED) is 0.221. The Kier molecular flexibility index (Phi) is 15.9. The minimum Gasteiger partial charge on any atom is -1.00 e. The van der Waals surface area contributed by atoms with Gasteiger partial charge in [-0.05, 0) is 35.6 Å². The molecule has 0 aromatic heterocycles. The Morgan fingerprint density at radius 2 is 0.875 bits per heavy atom. The Balaban J connectivity index is 0.000000341. The fourth-order valence-corrected chi connectivity index (χ4v) is 4.34. The van der Waals surface area contributed by atoms with Crippen molar-refractivity contribution in [3.8, 4) is 0 Å². The SMILES string of the molecule is C[Si]C.Cc1cc2c(Nc3ccccc3)cccc2[cH-]1.Cc1cc2c(Nc3ccccc3)cccc2[cH-]1.[Cl-].[Cl-].[Zr+4]. The average Bonchev–Trinajstić information content (AvgIpc) is 3.48. The first kappa shape index (κ1) is 35.4. The fourth-order valence-electron chi connectivity index (χ4n) is 4.34. The predicted molar refractivity (Wildman–Crippen MR) is 165 cm³/mol. The summed E-state index contributed by atoms with van der Waals surface area (Å²) in [5.74, 6) is 0. The molecule has 0 atom stereocenters. The molecular formula is C34H34Cl2N2SiZr. The third kappa shape index (κ3) is 9.78. The molecule has 0 fully saturated rings. The van der Waals surface area contributed by atoms with Crippen LogP contribution in [0.2, 0.25) is 13.1 Å². The molecule has 0 heterocycles. The topological polar surface area (TPSA) is 24.1 Å². The zero-order valence-corrected chi connectivity index (χ0v) is 28.3. The number of halogens is 2. The molecule has 6 rings (SSSR count). The Bertz CT molecular complexity index is 1430. The molecule has 6 aromatic rings. The maximum atomic E-state index is 3.46. The Morgan fingerprint density at radius 1 is 0.525 bits per heavy atom. The number of para-hydroxylation sites is 2. The largest absolute Gasteiger partial charge is 4.00 e. The third-order valence-corrected chi connectivity index (χ3v) is 5.90. The van der Waals surface area contributed by atoms with Gasteiger partial charge in [-0.15, -0.1) is 69.1 Å². The first-order valence-corrected chi connectivity index (χ1v) is 14.6. The molecule has 0 saturated heterocycles. The molecule has 0 amide bonds. The fraction of sp³-hybridized carbons (Fsp3) is 0.118. The molecular weight excluding hydrogens is 627 g/mol. The number of hydrogen-bond acceptors (Lipinski definition) is 2. The van der Waals surface area contributed by atoms with Gasteiger partial charge in [0.2, 0.25) is 0 Å². The third-order valence-electron chi connectivity index (χ3n) is 5.90. The maximum Gasteiger partial charge on any atom is 4.00 e. The van der Waals surface area contributed by atoms with Crippen molar-refractivity contribution in [3.05, 3.63) is 132 Å². The molecule has 0 spiro atoms. The summed E-state index contributed by atoms with van der Waals surface area (Å²) in [6, 6.07) is 42.1. The molecule has 2 N–H and O–H groups in total. The van der Waals surface area contributed by atoms with Gasteiger partial charge in [0.25, 0.3) is 0 Å². The Labute approximate surface area is 273 Å². The van der Waals surface area contributed by atoms with E-state index >= 15 is 0 Å². The number of aryl methyl sites for hydroxylation is 2. The molecule has 6 aromatic carbocycles. The molecule has 2 radical (unpaired) electrons. The van der Waals surface area contributed by atoms with E-state index in [0.29, 0.717) is 0 Å². The van der Waals surface area contributed by atoms with Gasteiger partial charge in [-0.1, -0.05) is 75.5 Å². The summed E-state index contributed by atoms with van der Waals surface area (Å²) in [4.78, 5) is 0.